The van der Waals surface area contributed by atoms with Crippen LogP contribution in [0.3, 0.4) is 0 Å². The highest BCUT2D eigenvalue weighted by atomic mass is 35.5. The molecule has 1 saturated carbocycles. The Morgan fingerprint density at radius 2 is 1.95 bits per heavy atom. The molecular weight excluding hydrogens is 284 g/mol. The van der Waals surface area contributed by atoms with Gasteiger partial charge in [0.2, 0.25) is 0 Å². The number of fused-ring (bicyclic) bond motifs is 1. The van der Waals surface area contributed by atoms with E-state index in [1.165, 1.54) is 25.7 Å². The molecule has 0 amide bonds. The van der Waals surface area contributed by atoms with E-state index in [1.54, 1.807) is 0 Å². The zero-order valence-electron chi connectivity index (χ0n) is 13.5. The summed E-state index contributed by atoms with van der Waals surface area (Å²) in [4.78, 5) is 4.76. The number of aromatic nitrogens is 4. The average Bonchev–Trinajstić information content (AvgIpc) is 2.97. The van der Waals surface area contributed by atoms with Gasteiger partial charge in [-0.25, -0.2) is 9.67 Å². The molecule has 3 rings (SSSR count). The van der Waals surface area contributed by atoms with Crippen LogP contribution in [0.15, 0.2) is 0 Å². The van der Waals surface area contributed by atoms with Gasteiger partial charge in [-0.2, -0.15) is 5.10 Å². The maximum absolute atomic E-state index is 6.17. The van der Waals surface area contributed by atoms with Crippen LogP contribution in [-0.4, -0.2) is 19.3 Å². The fraction of sp³-hybridized carbons (Fsp3) is 0.750. The molecule has 2 aromatic rings. The Labute approximate surface area is 131 Å². The number of hydrogen-bond acceptors (Lipinski definition) is 2. The van der Waals surface area contributed by atoms with Crippen molar-refractivity contribution in [3.63, 3.8) is 0 Å². The molecule has 0 saturated heterocycles. The molecule has 0 unspecified atom stereocenters. The Kier molecular flexibility index (Phi) is 3.76. The molecule has 1 aliphatic rings. The number of halogens is 1. The minimum atomic E-state index is 0.470. The molecule has 1 fully saturated rings. The van der Waals surface area contributed by atoms with Crippen LogP contribution >= 0.6 is 11.6 Å². The van der Waals surface area contributed by atoms with Crippen molar-refractivity contribution in [2.45, 2.75) is 71.8 Å². The van der Waals surface area contributed by atoms with Crippen molar-refractivity contribution in [3.8, 4) is 0 Å². The quantitative estimate of drug-likeness (QED) is 0.786. The summed E-state index contributed by atoms with van der Waals surface area (Å²) in [5.41, 5.74) is 3.67. The van der Waals surface area contributed by atoms with Crippen LogP contribution in [-0.2, 0) is 12.4 Å². The highest BCUT2D eigenvalue weighted by Crippen LogP contribution is 2.42. The normalized spacial score (nSPS) is 19.5. The van der Waals surface area contributed by atoms with E-state index < -0.39 is 0 Å². The van der Waals surface area contributed by atoms with Gasteiger partial charge in [0.15, 0.2) is 5.65 Å². The van der Waals surface area contributed by atoms with Crippen LogP contribution in [0.25, 0.3) is 11.2 Å². The monoisotopic (exact) mass is 308 g/mol. The Bertz CT molecular complexity index is 643. The molecule has 4 nitrogen and oxygen atoms in total. The number of imidazole rings is 1. The molecule has 1 aliphatic carbocycles. The SMILES string of the molecule is CCn1nc(C)c2nc(CCl)n(C3CCC(C)(C)CC3)c21. The Morgan fingerprint density at radius 1 is 1.29 bits per heavy atom. The Balaban J connectivity index is 2.08. The molecule has 2 aromatic heterocycles. The number of rotatable bonds is 3. The van der Waals surface area contributed by atoms with Gasteiger partial charge >= 0.3 is 0 Å². The van der Waals surface area contributed by atoms with Crippen LogP contribution in [0.1, 0.15) is 64.0 Å². The second kappa shape index (κ2) is 5.31. The molecule has 5 heteroatoms. The third-order valence-corrected chi connectivity index (χ3v) is 5.15. The molecule has 116 valence electrons. The summed E-state index contributed by atoms with van der Waals surface area (Å²) >= 11 is 6.17. The van der Waals surface area contributed by atoms with Crippen LogP contribution < -0.4 is 0 Å². The molecule has 0 spiro atoms. The maximum atomic E-state index is 6.17. The molecule has 0 atom stereocenters. The molecule has 0 bridgehead atoms. The predicted octanol–water partition coefficient (Wildman–Crippen LogP) is 4.44. The van der Waals surface area contributed by atoms with Gasteiger partial charge in [0.25, 0.3) is 0 Å². The topological polar surface area (TPSA) is 35.6 Å². The summed E-state index contributed by atoms with van der Waals surface area (Å²) in [6.07, 6.45) is 4.93. The highest BCUT2D eigenvalue weighted by molar-refractivity contribution is 6.16. The van der Waals surface area contributed by atoms with Gasteiger partial charge < -0.3 is 4.57 Å². The van der Waals surface area contributed by atoms with Gasteiger partial charge in [-0.1, -0.05) is 13.8 Å². The van der Waals surface area contributed by atoms with Gasteiger partial charge in [0, 0.05) is 12.6 Å². The first kappa shape index (κ1) is 14.9. The van der Waals surface area contributed by atoms with Crippen LogP contribution in [0.4, 0.5) is 0 Å². The lowest BCUT2D eigenvalue weighted by Gasteiger charge is -2.35. The minimum absolute atomic E-state index is 0.470. The van der Waals surface area contributed by atoms with E-state index in [2.05, 4.69) is 35.1 Å². The van der Waals surface area contributed by atoms with E-state index in [0.717, 1.165) is 29.2 Å². The summed E-state index contributed by atoms with van der Waals surface area (Å²) in [6.45, 7) is 9.78. The summed E-state index contributed by atoms with van der Waals surface area (Å²) in [7, 11) is 0. The number of nitrogens with zero attached hydrogens (tertiary/aromatic N) is 4. The third-order valence-electron chi connectivity index (χ3n) is 4.91. The van der Waals surface area contributed by atoms with Crippen LogP contribution in [0.5, 0.6) is 0 Å². The van der Waals surface area contributed by atoms with Gasteiger partial charge in [0.1, 0.15) is 11.3 Å². The summed E-state index contributed by atoms with van der Waals surface area (Å²) in [5.74, 6) is 1.47. The van der Waals surface area contributed by atoms with E-state index >= 15 is 0 Å². The number of aryl methyl sites for hydroxylation is 2. The van der Waals surface area contributed by atoms with Crippen molar-refractivity contribution in [2.24, 2.45) is 5.41 Å². The molecular formula is C16H25ClN4. The smallest absolute Gasteiger partial charge is 0.159 e. The highest BCUT2D eigenvalue weighted by Gasteiger charge is 2.31. The van der Waals surface area contributed by atoms with Gasteiger partial charge in [-0.15, -0.1) is 11.6 Å². The summed E-state index contributed by atoms with van der Waals surface area (Å²) in [5, 5.41) is 4.62. The molecule has 2 heterocycles. The van der Waals surface area contributed by atoms with E-state index in [4.69, 9.17) is 16.6 Å². The van der Waals surface area contributed by atoms with Crippen LogP contribution in [0, 0.1) is 12.3 Å². The maximum Gasteiger partial charge on any atom is 0.159 e. The van der Waals surface area contributed by atoms with E-state index in [0.29, 0.717) is 17.3 Å². The lowest BCUT2D eigenvalue weighted by atomic mass is 9.75. The van der Waals surface area contributed by atoms with Crippen molar-refractivity contribution >= 4 is 22.8 Å². The minimum Gasteiger partial charge on any atom is -0.309 e. The fourth-order valence-electron chi connectivity index (χ4n) is 3.58. The van der Waals surface area contributed by atoms with Gasteiger partial charge in [-0.3, -0.25) is 0 Å². The van der Waals surface area contributed by atoms with Crippen molar-refractivity contribution in [1.29, 1.82) is 0 Å². The van der Waals surface area contributed by atoms with Crippen LogP contribution in [0.2, 0.25) is 0 Å². The third kappa shape index (κ3) is 2.48. The zero-order chi connectivity index (χ0) is 15.2. The Morgan fingerprint density at radius 3 is 2.52 bits per heavy atom. The second-order valence-corrected chi connectivity index (χ2v) is 7.27. The predicted molar refractivity (Wildman–Crippen MR) is 86.8 cm³/mol. The van der Waals surface area contributed by atoms with Crippen molar-refractivity contribution < 1.29 is 0 Å². The van der Waals surface area contributed by atoms with Gasteiger partial charge in [0.05, 0.1) is 11.6 Å². The van der Waals surface area contributed by atoms with E-state index in [9.17, 15) is 0 Å². The second-order valence-electron chi connectivity index (χ2n) is 7.00. The van der Waals surface area contributed by atoms with Crippen molar-refractivity contribution in [1.82, 2.24) is 19.3 Å². The zero-order valence-corrected chi connectivity index (χ0v) is 14.2. The van der Waals surface area contributed by atoms with Crippen molar-refractivity contribution in [2.75, 3.05) is 0 Å². The fourth-order valence-corrected chi connectivity index (χ4v) is 3.76. The number of alkyl halides is 1. The first-order valence-corrected chi connectivity index (χ1v) is 8.50. The summed E-state index contributed by atoms with van der Waals surface area (Å²) < 4.78 is 4.45. The van der Waals surface area contributed by atoms with E-state index in [-0.39, 0.29) is 0 Å². The molecule has 0 N–H and O–H groups in total. The first-order chi connectivity index (χ1) is 9.96. The molecule has 0 aromatic carbocycles. The van der Waals surface area contributed by atoms with E-state index in [1.807, 2.05) is 6.92 Å². The van der Waals surface area contributed by atoms with Crippen molar-refractivity contribution in [3.05, 3.63) is 11.5 Å². The molecule has 21 heavy (non-hydrogen) atoms. The largest absolute Gasteiger partial charge is 0.309 e. The first-order valence-electron chi connectivity index (χ1n) is 7.97. The van der Waals surface area contributed by atoms with Gasteiger partial charge in [-0.05, 0) is 44.9 Å². The summed E-state index contributed by atoms with van der Waals surface area (Å²) in [6, 6.07) is 0.512. The molecule has 0 radical (unpaired) electrons. The molecule has 0 aliphatic heterocycles. The Hall–Kier alpha value is -1.03. The standard InChI is InChI=1S/C16H25ClN4/c1-5-20-15-14(11(2)19-20)18-13(10-17)21(15)12-6-8-16(3,4)9-7-12/h12H,5-10H2,1-4H3. The number of hydrogen-bond donors (Lipinski definition) is 0. The average molecular weight is 309 g/mol. The lowest BCUT2D eigenvalue weighted by Crippen LogP contribution is -2.25. The lowest BCUT2D eigenvalue weighted by molar-refractivity contribution is 0.193.